The summed E-state index contributed by atoms with van der Waals surface area (Å²) >= 11 is 0. The average molecular weight is 137 g/mol. The minimum absolute atomic E-state index is 0.771. The highest BCUT2D eigenvalue weighted by molar-refractivity contribution is 5.14. The van der Waals surface area contributed by atoms with Crippen molar-refractivity contribution in [1.82, 2.24) is 0 Å². The van der Waals surface area contributed by atoms with E-state index in [1.54, 1.807) is 11.5 Å². The van der Waals surface area contributed by atoms with Gasteiger partial charge in [-0.1, -0.05) is 32.4 Å². The molecule has 0 aromatic rings. The van der Waals surface area contributed by atoms with E-state index in [0.29, 0.717) is 0 Å². The average Bonchev–Trinajstić information content (AvgIpc) is 1.88. The molecule has 1 aliphatic rings. The normalized spacial score (nSPS) is 21.4. The van der Waals surface area contributed by atoms with Gasteiger partial charge in [0.2, 0.25) is 0 Å². The smallest absolute Gasteiger partial charge is 0.0231 e. The number of rotatable bonds is 1. The van der Waals surface area contributed by atoms with Crippen LogP contribution >= 0.6 is 0 Å². The molecule has 0 aromatic carbocycles. The molecule has 0 aliphatic heterocycles. The topological polar surface area (TPSA) is 0 Å². The van der Waals surface area contributed by atoms with Crippen LogP contribution in [-0.4, -0.2) is 0 Å². The fourth-order valence-corrected chi connectivity index (χ4v) is 1.39. The molecule has 57 valence electrons. The zero-order chi connectivity index (χ0) is 7.56. The van der Waals surface area contributed by atoms with Crippen LogP contribution in [-0.2, 0) is 0 Å². The van der Waals surface area contributed by atoms with Gasteiger partial charge >= 0.3 is 0 Å². The Hall–Kier alpha value is -0.260. The third-order valence-electron chi connectivity index (χ3n) is 2.29. The van der Waals surface area contributed by atoms with Crippen LogP contribution in [0.1, 0.15) is 40.0 Å². The summed E-state index contributed by atoms with van der Waals surface area (Å²) in [6.07, 6.45) is 6.27. The molecule has 0 unspecified atom stereocenters. The van der Waals surface area contributed by atoms with Gasteiger partial charge in [0.1, 0.15) is 0 Å². The maximum atomic E-state index is 2.41. The molecule has 0 atom stereocenters. The van der Waals surface area contributed by atoms with E-state index < -0.39 is 0 Å². The number of hydrogen-bond acceptors (Lipinski definition) is 0. The molecule has 0 saturated carbocycles. The second-order valence-electron chi connectivity index (χ2n) is 3.59. The van der Waals surface area contributed by atoms with Crippen LogP contribution in [0.15, 0.2) is 11.6 Å². The lowest BCUT2D eigenvalue weighted by atomic mass is 9.86. The van der Waals surface area contributed by atoms with E-state index in [2.05, 4.69) is 26.8 Å². The molecule has 1 radical (unpaired) electrons. The standard InChI is InChI=1S/C10H17/c1-8(2)10-6-4-9(3)5-7-10/h6,8H,4-5,7H2,1-3H3. The van der Waals surface area contributed by atoms with E-state index in [1.807, 2.05) is 0 Å². The van der Waals surface area contributed by atoms with Gasteiger partial charge in [-0.3, -0.25) is 0 Å². The molecule has 0 N–H and O–H groups in total. The van der Waals surface area contributed by atoms with E-state index in [9.17, 15) is 0 Å². The molecule has 1 aliphatic carbocycles. The summed E-state index contributed by atoms with van der Waals surface area (Å²) in [6.45, 7) is 6.83. The van der Waals surface area contributed by atoms with E-state index >= 15 is 0 Å². The summed E-state index contributed by atoms with van der Waals surface area (Å²) in [5.41, 5.74) is 1.66. The van der Waals surface area contributed by atoms with Crippen molar-refractivity contribution in [3.05, 3.63) is 17.6 Å². The molecule has 0 nitrogen and oxygen atoms in total. The Morgan fingerprint density at radius 2 is 2.00 bits per heavy atom. The van der Waals surface area contributed by atoms with Gasteiger partial charge in [-0.25, -0.2) is 0 Å². The Morgan fingerprint density at radius 1 is 1.30 bits per heavy atom. The minimum Gasteiger partial charge on any atom is -0.0845 e. The van der Waals surface area contributed by atoms with Crippen molar-refractivity contribution < 1.29 is 0 Å². The van der Waals surface area contributed by atoms with Gasteiger partial charge in [0.15, 0.2) is 0 Å². The van der Waals surface area contributed by atoms with Crippen molar-refractivity contribution in [2.75, 3.05) is 0 Å². The Morgan fingerprint density at radius 3 is 2.40 bits per heavy atom. The van der Waals surface area contributed by atoms with Crippen molar-refractivity contribution in [3.63, 3.8) is 0 Å². The molecule has 0 aromatic heterocycles. The molecule has 0 heteroatoms. The van der Waals surface area contributed by atoms with Crippen LogP contribution in [0.5, 0.6) is 0 Å². The maximum absolute atomic E-state index is 2.41. The van der Waals surface area contributed by atoms with Gasteiger partial charge in [0.05, 0.1) is 0 Å². The van der Waals surface area contributed by atoms with Gasteiger partial charge < -0.3 is 0 Å². The van der Waals surface area contributed by atoms with Gasteiger partial charge in [-0.05, 0) is 31.1 Å². The lowest BCUT2D eigenvalue weighted by Gasteiger charge is -2.19. The van der Waals surface area contributed by atoms with E-state index in [1.165, 1.54) is 19.3 Å². The maximum Gasteiger partial charge on any atom is -0.0231 e. The molecule has 0 bridgehead atoms. The number of allylic oxidation sites excluding steroid dienone is 2. The highest BCUT2D eigenvalue weighted by Crippen LogP contribution is 2.28. The van der Waals surface area contributed by atoms with E-state index in [4.69, 9.17) is 0 Å². The fraction of sp³-hybridized carbons (Fsp3) is 0.700. The second kappa shape index (κ2) is 3.23. The molecule has 10 heavy (non-hydrogen) atoms. The van der Waals surface area contributed by atoms with E-state index in [0.717, 1.165) is 5.92 Å². The van der Waals surface area contributed by atoms with Crippen molar-refractivity contribution in [1.29, 1.82) is 0 Å². The third kappa shape index (κ3) is 1.86. The SMILES string of the molecule is C[C]1CC=C(C(C)C)CC1. The summed E-state index contributed by atoms with van der Waals surface area (Å²) < 4.78 is 0. The second-order valence-corrected chi connectivity index (χ2v) is 3.59. The molecular formula is C10H17. The van der Waals surface area contributed by atoms with Crippen LogP contribution < -0.4 is 0 Å². The Balaban J connectivity index is 2.48. The lowest BCUT2D eigenvalue weighted by molar-refractivity contribution is 0.644. The summed E-state index contributed by atoms with van der Waals surface area (Å²) in [6, 6.07) is 0. The van der Waals surface area contributed by atoms with Crippen LogP contribution in [0.25, 0.3) is 0 Å². The Kier molecular flexibility index (Phi) is 2.53. The van der Waals surface area contributed by atoms with Crippen molar-refractivity contribution in [2.45, 2.75) is 40.0 Å². The summed E-state index contributed by atoms with van der Waals surface area (Å²) in [4.78, 5) is 0. The lowest BCUT2D eigenvalue weighted by Crippen LogP contribution is -2.03. The quantitative estimate of drug-likeness (QED) is 0.486. The number of hydrogen-bond donors (Lipinski definition) is 0. The first-order valence-electron chi connectivity index (χ1n) is 4.20. The zero-order valence-electron chi connectivity index (χ0n) is 7.28. The Bertz CT molecular complexity index is 131. The third-order valence-corrected chi connectivity index (χ3v) is 2.29. The summed E-state index contributed by atoms with van der Waals surface area (Å²) in [5, 5.41) is 0. The van der Waals surface area contributed by atoms with Gasteiger partial charge in [-0.15, -0.1) is 0 Å². The fourth-order valence-electron chi connectivity index (χ4n) is 1.39. The van der Waals surface area contributed by atoms with Crippen LogP contribution in [0, 0.1) is 11.8 Å². The Labute approximate surface area is 64.3 Å². The van der Waals surface area contributed by atoms with Crippen molar-refractivity contribution in [3.8, 4) is 0 Å². The molecule has 0 fully saturated rings. The molecule has 0 amide bonds. The van der Waals surface area contributed by atoms with Gasteiger partial charge in [-0.2, -0.15) is 0 Å². The molecular weight excluding hydrogens is 120 g/mol. The first-order valence-corrected chi connectivity index (χ1v) is 4.20. The summed E-state index contributed by atoms with van der Waals surface area (Å²) in [7, 11) is 0. The van der Waals surface area contributed by atoms with Crippen LogP contribution in [0.2, 0.25) is 0 Å². The molecule has 0 spiro atoms. The zero-order valence-corrected chi connectivity index (χ0v) is 7.28. The molecule has 1 rings (SSSR count). The monoisotopic (exact) mass is 137 g/mol. The minimum atomic E-state index is 0.771. The first kappa shape index (κ1) is 7.84. The van der Waals surface area contributed by atoms with E-state index in [-0.39, 0.29) is 0 Å². The van der Waals surface area contributed by atoms with Crippen LogP contribution in [0.3, 0.4) is 0 Å². The first-order chi connectivity index (χ1) is 4.70. The largest absolute Gasteiger partial charge is 0.0845 e. The highest BCUT2D eigenvalue weighted by atomic mass is 14.2. The highest BCUT2D eigenvalue weighted by Gasteiger charge is 2.11. The van der Waals surface area contributed by atoms with Gasteiger partial charge in [0.25, 0.3) is 0 Å². The van der Waals surface area contributed by atoms with Crippen molar-refractivity contribution in [2.24, 2.45) is 5.92 Å². The predicted octanol–water partition coefficient (Wildman–Crippen LogP) is 3.35. The molecule has 0 saturated heterocycles. The predicted molar refractivity (Wildman–Crippen MR) is 45.7 cm³/mol. The van der Waals surface area contributed by atoms with Crippen molar-refractivity contribution >= 4 is 0 Å². The molecule has 0 heterocycles. The van der Waals surface area contributed by atoms with Gasteiger partial charge in [0, 0.05) is 0 Å². The summed E-state index contributed by atoms with van der Waals surface area (Å²) in [5.74, 6) is 2.41. The van der Waals surface area contributed by atoms with Crippen LogP contribution in [0.4, 0.5) is 0 Å².